The molecule has 1 spiro atoms. The quantitative estimate of drug-likeness (QED) is 0.420. The van der Waals surface area contributed by atoms with Crippen molar-refractivity contribution >= 4 is 34.6 Å². The van der Waals surface area contributed by atoms with E-state index in [0.717, 1.165) is 86.8 Å². The van der Waals surface area contributed by atoms with Gasteiger partial charge in [-0.15, -0.1) is 0 Å². The molecule has 5 aliphatic rings. The van der Waals surface area contributed by atoms with Crippen LogP contribution in [0.4, 0.5) is 5.95 Å². The molecule has 45 heavy (non-hydrogen) atoms. The van der Waals surface area contributed by atoms with E-state index < -0.39 is 11.9 Å². The summed E-state index contributed by atoms with van der Waals surface area (Å²) >= 11 is 0. The molecule has 11 heteroatoms. The molecule has 0 radical (unpaired) electrons. The SMILES string of the molecule is O=C1CCC(N2Cc3cc(O[C@H]4CCN(Cc5ccc6nc(N7CCCC78CCOCC8)ncc6c5)C4)ccc3C2=O)C(=O)N1. The third kappa shape index (κ3) is 5.31. The van der Waals surface area contributed by atoms with Crippen LogP contribution in [0.5, 0.6) is 5.75 Å². The molecule has 1 N–H and O–H groups in total. The fourth-order valence-electron chi connectivity index (χ4n) is 7.93. The first-order chi connectivity index (χ1) is 21.9. The van der Waals surface area contributed by atoms with Crippen LogP contribution in [0, 0.1) is 0 Å². The van der Waals surface area contributed by atoms with Gasteiger partial charge in [0, 0.05) is 75.0 Å². The third-order valence-corrected chi connectivity index (χ3v) is 10.3. The predicted molar refractivity (Wildman–Crippen MR) is 166 cm³/mol. The summed E-state index contributed by atoms with van der Waals surface area (Å²) in [4.78, 5) is 53.1. The maximum absolute atomic E-state index is 13.0. The lowest BCUT2D eigenvalue weighted by atomic mass is 9.87. The van der Waals surface area contributed by atoms with E-state index in [9.17, 15) is 14.4 Å². The van der Waals surface area contributed by atoms with Crippen molar-refractivity contribution in [1.29, 1.82) is 0 Å². The van der Waals surface area contributed by atoms with Gasteiger partial charge in [-0.05, 0) is 80.0 Å². The fourth-order valence-corrected chi connectivity index (χ4v) is 7.93. The first-order valence-electron chi connectivity index (χ1n) is 16.2. The van der Waals surface area contributed by atoms with E-state index in [1.54, 1.807) is 11.0 Å². The smallest absolute Gasteiger partial charge is 0.255 e. The third-order valence-electron chi connectivity index (χ3n) is 10.3. The molecule has 1 unspecified atom stereocenters. The zero-order chi connectivity index (χ0) is 30.5. The molecule has 3 aromatic rings. The predicted octanol–water partition coefficient (Wildman–Crippen LogP) is 3.19. The number of carbonyl (C=O) groups is 3. The monoisotopic (exact) mass is 610 g/mol. The Morgan fingerprint density at radius 3 is 2.78 bits per heavy atom. The maximum Gasteiger partial charge on any atom is 0.255 e. The number of fused-ring (bicyclic) bond motifs is 2. The Labute approximate surface area is 261 Å². The first kappa shape index (κ1) is 28.4. The second-order valence-electron chi connectivity index (χ2n) is 13.1. The highest BCUT2D eigenvalue weighted by atomic mass is 16.5. The van der Waals surface area contributed by atoms with Crippen molar-refractivity contribution in [2.45, 2.75) is 75.7 Å². The van der Waals surface area contributed by atoms with Gasteiger partial charge in [0.1, 0.15) is 17.9 Å². The fraction of sp³-hybridized carbons (Fsp3) is 0.500. The van der Waals surface area contributed by atoms with Gasteiger partial charge in [-0.25, -0.2) is 9.97 Å². The van der Waals surface area contributed by atoms with Gasteiger partial charge in [-0.1, -0.05) is 6.07 Å². The highest BCUT2D eigenvalue weighted by Crippen LogP contribution is 2.40. The molecule has 0 aliphatic carbocycles. The van der Waals surface area contributed by atoms with Crippen molar-refractivity contribution in [3.05, 3.63) is 59.3 Å². The van der Waals surface area contributed by atoms with Crippen LogP contribution in [-0.2, 0) is 27.4 Å². The summed E-state index contributed by atoms with van der Waals surface area (Å²) in [6.07, 6.45) is 7.99. The van der Waals surface area contributed by atoms with Crippen molar-refractivity contribution in [2.75, 3.05) is 37.7 Å². The van der Waals surface area contributed by atoms with Crippen LogP contribution in [0.1, 0.15) is 66.4 Å². The summed E-state index contributed by atoms with van der Waals surface area (Å²) in [5, 5.41) is 3.41. The van der Waals surface area contributed by atoms with Crippen LogP contribution in [0.3, 0.4) is 0 Å². The molecule has 5 aliphatic heterocycles. The minimum absolute atomic E-state index is 0.0516. The standard InChI is InChI=1S/C34H38N6O5/c41-30-7-6-29(31(42)37-30)39-20-24-17-25(3-4-27(24)32(39)43)45-26-8-13-38(21-26)19-22-2-5-28-23(16-22)18-35-33(36-28)40-12-1-9-34(40)10-14-44-15-11-34/h2-5,16-18,26,29H,1,6-15,19-21H2,(H,37,41,42)/t26-,29?/m0/s1. The average Bonchev–Trinajstić information content (AvgIpc) is 3.74. The number of nitrogens with zero attached hydrogens (tertiary/aromatic N) is 5. The highest BCUT2D eigenvalue weighted by Gasteiger charge is 2.43. The minimum Gasteiger partial charge on any atom is -0.489 e. The molecule has 4 saturated heterocycles. The van der Waals surface area contributed by atoms with E-state index in [-0.39, 0.29) is 29.9 Å². The highest BCUT2D eigenvalue weighted by molar-refractivity contribution is 6.05. The Morgan fingerprint density at radius 2 is 1.91 bits per heavy atom. The van der Waals surface area contributed by atoms with Crippen LogP contribution in [0.2, 0.25) is 0 Å². The number of nitrogens with one attached hydrogen (secondary N) is 1. The van der Waals surface area contributed by atoms with Crippen LogP contribution < -0.4 is 15.0 Å². The Kier molecular flexibility index (Phi) is 7.17. The van der Waals surface area contributed by atoms with Crippen LogP contribution >= 0.6 is 0 Å². The van der Waals surface area contributed by atoms with Crippen LogP contribution in [-0.4, -0.2) is 88.0 Å². The van der Waals surface area contributed by atoms with Crippen LogP contribution in [0.25, 0.3) is 10.9 Å². The molecule has 0 bridgehead atoms. The van der Waals surface area contributed by atoms with Crippen molar-refractivity contribution in [2.24, 2.45) is 0 Å². The van der Waals surface area contributed by atoms with E-state index in [0.29, 0.717) is 18.5 Å². The Morgan fingerprint density at radius 1 is 1.02 bits per heavy atom. The maximum atomic E-state index is 13.0. The van der Waals surface area contributed by atoms with E-state index in [2.05, 4.69) is 33.3 Å². The van der Waals surface area contributed by atoms with Crippen molar-refractivity contribution in [3.63, 3.8) is 0 Å². The second kappa shape index (κ2) is 11.4. The number of aromatic nitrogens is 2. The van der Waals surface area contributed by atoms with Gasteiger partial charge >= 0.3 is 0 Å². The number of hydrogen-bond acceptors (Lipinski definition) is 9. The molecule has 8 rings (SSSR count). The van der Waals surface area contributed by atoms with Crippen molar-refractivity contribution in [3.8, 4) is 5.75 Å². The summed E-state index contributed by atoms with van der Waals surface area (Å²) < 4.78 is 12.0. The van der Waals surface area contributed by atoms with Crippen LogP contribution in [0.15, 0.2) is 42.6 Å². The molecule has 11 nitrogen and oxygen atoms in total. The molecule has 6 heterocycles. The number of imide groups is 1. The molecule has 1 aromatic heterocycles. The van der Waals surface area contributed by atoms with Gasteiger partial charge in [0.25, 0.3) is 5.91 Å². The second-order valence-corrected chi connectivity index (χ2v) is 13.1. The summed E-state index contributed by atoms with van der Waals surface area (Å²) in [6.45, 7) is 5.55. The lowest BCUT2D eigenvalue weighted by molar-refractivity contribution is -0.136. The summed E-state index contributed by atoms with van der Waals surface area (Å²) in [7, 11) is 0. The van der Waals surface area contributed by atoms with Gasteiger partial charge in [0.05, 0.1) is 5.52 Å². The van der Waals surface area contributed by atoms with E-state index in [1.165, 1.54) is 18.4 Å². The number of benzene rings is 2. The number of anilines is 1. The zero-order valence-corrected chi connectivity index (χ0v) is 25.4. The van der Waals surface area contributed by atoms with Crippen molar-refractivity contribution in [1.82, 2.24) is 25.1 Å². The first-order valence-corrected chi connectivity index (χ1v) is 16.2. The Balaban J connectivity index is 0.888. The van der Waals surface area contributed by atoms with Gasteiger partial charge in [0.15, 0.2) is 0 Å². The normalized spacial score (nSPS) is 24.9. The van der Waals surface area contributed by atoms with E-state index in [1.807, 2.05) is 18.3 Å². The summed E-state index contributed by atoms with van der Waals surface area (Å²) in [5.74, 6) is 0.719. The molecular weight excluding hydrogens is 572 g/mol. The minimum atomic E-state index is -0.617. The lowest BCUT2D eigenvalue weighted by Gasteiger charge is -2.41. The Hall–Kier alpha value is -4.09. The number of piperidine rings is 1. The van der Waals surface area contributed by atoms with Crippen molar-refractivity contribution < 1.29 is 23.9 Å². The van der Waals surface area contributed by atoms with E-state index >= 15 is 0 Å². The molecule has 0 saturated carbocycles. The average molecular weight is 611 g/mol. The number of ether oxygens (including phenoxy) is 2. The van der Waals surface area contributed by atoms with E-state index in [4.69, 9.17) is 19.4 Å². The molecule has 234 valence electrons. The largest absolute Gasteiger partial charge is 0.489 e. The van der Waals surface area contributed by atoms with Gasteiger partial charge < -0.3 is 19.3 Å². The number of rotatable bonds is 6. The molecule has 2 aromatic carbocycles. The number of likely N-dealkylation sites (tertiary alicyclic amines) is 1. The van der Waals surface area contributed by atoms with Gasteiger partial charge in [-0.3, -0.25) is 24.6 Å². The summed E-state index contributed by atoms with van der Waals surface area (Å²) in [5.41, 5.74) is 3.80. The Bertz CT molecular complexity index is 1670. The van der Waals surface area contributed by atoms with Gasteiger partial charge in [-0.2, -0.15) is 0 Å². The number of hydrogen-bond donors (Lipinski definition) is 1. The zero-order valence-electron chi connectivity index (χ0n) is 25.4. The molecule has 2 atom stereocenters. The molecule has 3 amide bonds. The molecular formula is C34H38N6O5. The van der Waals surface area contributed by atoms with Gasteiger partial charge in [0.2, 0.25) is 17.8 Å². The number of carbonyl (C=O) groups excluding carboxylic acids is 3. The molecule has 4 fully saturated rings. The lowest BCUT2D eigenvalue weighted by Crippen LogP contribution is -2.52. The summed E-state index contributed by atoms with van der Waals surface area (Å²) in [6, 6.07) is 11.4. The number of amides is 3. The topological polar surface area (TPSA) is 117 Å².